The van der Waals surface area contributed by atoms with Gasteiger partial charge in [-0.2, -0.15) is 4.31 Å². The molecule has 0 aliphatic carbocycles. The van der Waals surface area contributed by atoms with Gasteiger partial charge in [0.25, 0.3) is 0 Å². The van der Waals surface area contributed by atoms with Crippen LogP contribution in [0.15, 0.2) is 57.8 Å². The first kappa shape index (κ1) is 22.4. The van der Waals surface area contributed by atoms with Crippen LogP contribution in [-0.4, -0.2) is 41.4 Å². The Hall–Kier alpha value is -2.75. The van der Waals surface area contributed by atoms with E-state index in [1.807, 2.05) is 24.3 Å². The van der Waals surface area contributed by atoms with Crippen molar-refractivity contribution in [3.63, 3.8) is 0 Å². The average Bonchev–Trinajstić information content (AvgIpc) is 3.45. The van der Waals surface area contributed by atoms with Gasteiger partial charge in [0.1, 0.15) is 6.04 Å². The van der Waals surface area contributed by atoms with Crippen molar-refractivity contribution in [2.45, 2.75) is 43.5 Å². The third-order valence-corrected chi connectivity index (χ3v) is 7.58. The summed E-state index contributed by atoms with van der Waals surface area (Å²) in [5.41, 5.74) is 2.25. The molecule has 0 saturated carbocycles. The van der Waals surface area contributed by atoms with Gasteiger partial charge in [0.15, 0.2) is 0 Å². The van der Waals surface area contributed by atoms with Crippen LogP contribution >= 0.6 is 11.6 Å². The van der Waals surface area contributed by atoms with Gasteiger partial charge < -0.3 is 4.42 Å². The molecule has 1 saturated heterocycles. The second-order valence-electron chi connectivity index (χ2n) is 7.56. The van der Waals surface area contributed by atoms with Gasteiger partial charge in [-0.1, -0.05) is 47.9 Å². The molecule has 0 radical (unpaired) electrons. The minimum atomic E-state index is -3.84. The molecule has 1 N–H and O–H groups in total. The summed E-state index contributed by atoms with van der Waals surface area (Å²) in [6.45, 7) is 2.35. The number of anilines is 1. The lowest BCUT2D eigenvalue weighted by Gasteiger charge is -2.22. The third kappa shape index (κ3) is 4.85. The number of halogens is 1. The molecule has 10 heteroatoms. The van der Waals surface area contributed by atoms with Crippen LogP contribution in [0.1, 0.15) is 36.8 Å². The fourth-order valence-electron chi connectivity index (χ4n) is 3.66. The van der Waals surface area contributed by atoms with E-state index in [0.717, 1.165) is 12.0 Å². The van der Waals surface area contributed by atoms with Crippen molar-refractivity contribution in [2.24, 2.45) is 0 Å². The van der Waals surface area contributed by atoms with Crippen LogP contribution in [0.5, 0.6) is 0 Å². The molecule has 1 fully saturated rings. The maximum absolute atomic E-state index is 13.0. The minimum Gasteiger partial charge on any atom is -0.407 e. The van der Waals surface area contributed by atoms with E-state index in [4.69, 9.17) is 16.0 Å². The number of nitrogens with zero attached hydrogens (tertiary/aromatic N) is 3. The minimum absolute atomic E-state index is 0.0501. The fraction of sp³-hybridized carbons (Fsp3) is 0.318. The van der Waals surface area contributed by atoms with Crippen molar-refractivity contribution in [1.29, 1.82) is 0 Å². The van der Waals surface area contributed by atoms with Crippen molar-refractivity contribution in [3.05, 3.63) is 70.6 Å². The van der Waals surface area contributed by atoms with Gasteiger partial charge in [-0.25, -0.2) is 8.42 Å². The molecule has 1 atom stereocenters. The number of benzene rings is 2. The second-order valence-corrected chi connectivity index (χ2v) is 9.89. The smallest absolute Gasteiger partial charge is 0.322 e. The molecule has 1 aliphatic rings. The summed E-state index contributed by atoms with van der Waals surface area (Å²) in [7, 11) is -3.84. The quantitative estimate of drug-likeness (QED) is 0.560. The highest BCUT2D eigenvalue weighted by Gasteiger charge is 2.39. The summed E-state index contributed by atoms with van der Waals surface area (Å²) < 4.78 is 32.8. The number of aromatic nitrogens is 2. The second kappa shape index (κ2) is 9.40. The molecule has 1 aromatic heterocycles. The highest BCUT2D eigenvalue weighted by molar-refractivity contribution is 7.89. The monoisotopic (exact) mass is 474 g/mol. The van der Waals surface area contributed by atoms with Crippen molar-refractivity contribution in [1.82, 2.24) is 14.5 Å². The number of rotatable bonds is 7. The molecule has 4 rings (SSSR count). The number of carbonyl (C=O) groups is 1. The molecule has 1 unspecified atom stereocenters. The molecule has 1 aliphatic heterocycles. The Labute approximate surface area is 191 Å². The zero-order valence-electron chi connectivity index (χ0n) is 17.5. The Morgan fingerprint density at radius 1 is 1.12 bits per heavy atom. The van der Waals surface area contributed by atoms with E-state index in [1.165, 1.54) is 34.1 Å². The van der Waals surface area contributed by atoms with Crippen LogP contribution < -0.4 is 5.32 Å². The van der Waals surface area contributed by atoms with Gasteiger partial charge in [-0.3, -0.25) is 10.1 Å². The largest absolute Gasteiger partial charge is 0.407 e. The Morgan fingerprint density at radius 2 is 1.81 bits per heavy atom. The first-order valence-corrected chi connectivity index (χ1v) is 12.2. The summed E-state index contributed by atoms with van der Waals surface area (Å²) in [6.07, 6.45) is 2.38. The van der Waals surface area contributed by atoms with E-state index < -0.39 is 22.0 Å². The SMILES string of the molecule is CCc1ccc(Cc2nnc(NC(=O)C3CCCN3S(=O)(=O)c3ccc(Cl)cc3)o2)cc1. The van der Waals surface area contributed by atoms with Crippen molar-refractivity contribution in [3.8, 4) is 0 Å². The zero-order chi connectivity index (χ0) is 22.7. The van der Waals surface area contributed by atoms with Crippen molar-refractivity contribution >= 4 is 33.5 Å². The van der Waals surface area contributed by atoms with E-state index in [9.17, 15) is 13.2 Å². The van der Waals surface area contributed by atoms with E-state index in [1.54, 1.807) is 0 Å². The molecular weight excluding hydrogens is 452 g/mol. The predicted octanol–water partition coefficient (Wildman–Crippen LogP) is 3.67. The number of hydrogen-bond acceptors (Lipinski definition) is 6. The lowest BCUT2D eigenvalue weighted by atomic mass is 10.1. The number of nitrogens with one attached hydrogen (secondary N) is 1. The Balaban J connectivity index is 1.43. The van der Waals surface area contributed by atoms with E-state index in [0.29, 0.717) is 30.2 Å². The number of amides is 1. The predicted molar refractivity (Wildman–Crippen MR) is 120 cm³/mol. The summed E-state index contributed by atoms with van der Waals surface area (Å²) >= 11 is 5.86. The van der Waals surface area contributed by atoms with Crippen LogP contribution in [0, 0.1) is 0 Å². The third-order valence-electron chi connectivity index (χ3n) is 5.41. The van der Waals surface area contributed by atoms with Gasteiger partial charge in [0, 0.05) is 11.6 Å². The van der Waals surface area contributed by atoms with E-state index in [2.05, 4.69) is 22.4 Å². The lowest BCUT2D eigenvalue weighted by molar-refractivity contribution is -0.119. The van der Waals surface area contributed by atoms with Crippen molar-refractivity contribution < 1.29 is 17.6 Å². The van der Waals surface area contributed by atoms with E-state index in [-0.39, 0.29) is 17.5 Å². The Kier molecular flexibility index (Phi) is 6.59. The molecule has 1 amide bonds. The van der Waals surface area contributed by atoms with Crippen LogP contribution in [0.25, 0.3) is 0 Å². The Bertz CT molecular complexity index is 1190. The van der Waals surface area contributed by atoms with Crippen molar-refractivity contribution in [2.75, 3.05) is 11.9 Å². The lowest BCUT2D eigenvalue weighted by Crippen LogP contribution is -2.43. The molecular formula is C22H23ClN4O4S. The number of aryl methyl sites for hydroxylation is 1. The number of sulfonamides is 1. The molecule has 3 aromatic rings. The van der Waals surface area contributed by atoms with Crippen LogP contribution in [0.3, 0.4) is 0 Å². The maximum Gasteiger partial charge on any atom is 0.322 e. The van der Waals surface area contributed by atoms with Crippen LogP contribution in [-0.2, 0) is 27.7 Å². The van der Waals surface area contributed by atoms with Gasteiger partial charge in [-0.05, 0) is 54.7 Å². The standard InChI is InChI=1S/C22H23ClN4O4S/c1-2-15-5-7-16(8-6-15)14-20-25-26-22(31-20)24-21(28)19-4-3-13-27(19)32(29,30)18-11-9-17(23)10-12-18/h5-12,19H,2-4,13-14H2,1H3,(H,24,26,28). The Morgan fingerprint density at radius 3 is 2.50 bits per heavy atom. The molecule has 2 heterocycles. The number of hydrogen-bond donors (Lipinski definition) is 1. The summed E-state index contributed by atoms with van der Waals surface area (Å²) in [5, 5.41) is 10.9. The number of carbonyl (C=O) groups excluding carboxylic acids is 1. The maximum atomic E-state index is 13.0. The van der Waals surface area contributed by atoms with Gasteiger partial charge in [0.05, 0.1) is 11.3 Å². The summed E-state index contributed by atoms with van der Waals surface area (Å²) in [6, 6.07) is 13.1. The van der Waals surface area contributed by atoms with E-state index >= 15 is 0 Å². The fourth-order valence-corrected chi connectivity index (χ4v) is 5.45. The zero-order valence-corrected chi connectivity index (χ0v) is 19.1. The topological polar surface area (TPSA) is 105 Å². The molecule has 168 valence electrons. The molecule has 0 bridgehead atoms. The van der Waals surface area contributed by atoms with Crippen LogP contribution in [0.2, 0.25) is 5.02 Å². The molecule has 32 heavy (non-hydrogen) atoms. The molecule has 2 aromatic carbocycles. The first-order valence-electron chi connectivity index (χ1n) is 10.4. The van der Waals surface area contributed by atoms with Gasteiger partial charge in [0.2, 0.25) is 21.8 Å². The highest BCUT2D eigenvalue weighted by Crippen LogP contribution is 2.27. The molecule has 0 spiro atoms. The van der Waals surface area contributed by atoms with Gasteiger partial charge >= 0.3 is 6.01 Å². The normalized spacial score (nSPS) is 16.9. The van der Waals surface area contributed by atoms with Crippen LogP contribution in [0.4, 0.5) is 6.01 Å². The highest BCUT2D eigenvalue weighted by atomic mass is 35.5. The van der Waals surface area contributed by atoms with Gasteiger partial charge in [-0.15, -0.1) is 5.10 Å². The summed E-state index contributed by atoms with van der Waals surface area (Å²) in [4.78, 5) is 12.9. The average molecular weight is 475 g/mol. The summed E-state index contributed by atoms with van der Waals surface area (Å²) in [5.74, 6) is -0.135. The molecule has 8 nitrogen and oxygen atoms in total. The first-order chi connectivity index (χ1) is 15.4.